The predicted molar refractivity (Wildman–Crippen MR) is 117 cm³/mol. The van der Waals surface area contributed by atoms with Crippen molar-refractivity contribution < 1.29 is 110 Å². The molecule has 0 saturated heterocycles. The number of nitrogens with two attached hydrogens (primary N) is 1. The fourth-order valence-electron chi connectivity index (χ4n) is 3.21. The van der Waals surface area contributed by atoms with Gasteiger partial charge in [-0.1, -0.05) is 0 Å². The summed E-state index contributed by atoms with van der Waals surface area (Å²) in [6.07, 6.45) is 1.25. The molecule has 2 aromatic rings. The van der Waals surface area contributed by atoms with Crippen molar-refractivity contribution in [1.82, 2.24) is 0 Å². The zero-order valence-electron chi connectivity index (χ0n) is 18.1. The van der Waals surface area contributed by atoms with E-state index in [2.05, 4.69) is 37.6 Å². The zero-order chi connectivity index (χ0) is 22.9. The van der Waals surface area contributed by atoms with Crippen molar-refractivity contribution in [2.24, 2.45) is 5.73 Å². The number of carbonyl (C=O) groups is 1. The molecule has 1 aliphatic carbocycles. The topological polar surface area (TPSA) is 175 Å². The van der Waals surface area contributed by atoms with E-state index in [9.17, 15) is 19.8 Å². The molecule has 8 nitrogen and oxygen atoms in total. The minimum atomic E-state index is -1.31. The van der Waals surface area contributed by atoms with Gasteiger partial charge in [-0.15, -0.1) is 0 Å². The van der Waals surface area contributed by atoms with Gasteiger partial charge in [-0.25, -0.2) is 0 Å². The number of aromatic carboxylic acids is 1. The van der Waals surface area contributed by atoms with Gasteiger partial charge in [0.1, 0.15) is 0 Å². The van der Waals surface area contributed by atoms with Gasteiger partial charge in [0.15, 0.2) is 6.19 Å². The Bertz CT molecular complexity index is 1430. The van der Waals surface area contributed by atoms with E-state index in [0.717, 1.165) is 0 Å². The Balaban J connectivity index is 0.00000173. The maximum absolute atomic E-state index is 12.4. The second-order valence-electron chi connectivity index (χ2n) is 6.26. The molecule has 0 aromatic heterocycles. The van der Waals surface area contributed by atoms with Crippen LogP contribution in [-0.4, -0.2) is 11.4 Å². The molecule has 0 saturated carbocycles. The second kappa shape index (κ2) is 14.3. The maximum atomic E-state index is 12.4. The van der Waals surface area contributed by atoms with Crippen molar-refractivity contribution in [3.63, 3.8) is 0 Å². The number of carbonyl (C=O) groups excluding carboxylic acids is 1. The summed E-state index contributed by atoms with van der Waals surface area (Å²) in [6.45, 7) is 0. The molecule has 0 bridgehead atoms. The first-order valence-corrected chi connectivity index (χ1v) is 12.9. The Morgan fingerprint density at radius 1 is 1.09 bits per heavy atom. The Kier molecular flexibility index (Phi) is 14.1. The Labute approximate surface area is 271 Å². The van der Waals surface area contributed by atoms with E-state index in [1.807, 2.05) is 0 Å². The summed E-state index contributed by atoms with van der Waals surface area (Å²) in [5.41, 5.74) is 5.84. The number of rotatable bonds is 2. The fourth-order valence-corrected chi connectivity index (χ4v) is 6.79. The molecule has 1 aliphatic heterocycles. The molecule has 0 atom stereocenters. The van der Waals surface area contributed by atoms with Crippen LogP contribution in [0.4, 0.5) is 0 Å². The first kappa shape index (κ1) is 33.5. The van der Waals surface area contributed by atoms with Gasteiger partial charge in [0.2, 0.25) is 0 Å². The third-order valence-electron chi connectivity index (χ3n) is 4.48. The van der Waals surface area contributed by atoms with E-state index in [4.69, 9.17) is 9.68 Å². The van der Waals surface area contributed by atoms with Gasteiger partial charge in [-0.05, 0) is 0 Å². The van der Waals surface area contributed by atoms with Gasteiger partial charge in [0, 0.05) is 0 Å². The number of halogens is 2. The summed E-state index contributed by atoms with van der Waals surface area (Å²) >= 11 is 6.47. The molecule has 34 heavy (non-hydrogen) atoms. The number of carboxylic acid groups (broad SMARTS) is 1. The van der Waals surface area contributed by atoms with E-state index >= 15 is 0 Å². The summed E-state index contributed by atoms with van der Waals surface area (Å²) in [5, 5.41) is 31.9. The third kappa shape index (κ3) is 6.65. The van der Waals surface area contributed by atoms with Crippen LogP contribution in [0.25, 0.3) is 33.4 Å². The van der Waals surface area contributed by atoms with Crippen molar-refractivity contribution >= 4 is 51.9 Å². The fraction of sp³-hybridized carbons (Fsp3) is 0. The van der Waals surface area contributed by atoms with E-state index in [-0.39, 0.29) is 113 Å². The van der Waals surface area contributed by atoms with Crippen molar-refractivity contribution in [3.8, 4) is 34.4 Å². The normalized spacial score (nSPS) is 9.50. The summed E-state index contributed by atoms with van der Waals surface area (Å²) in [4.78, 5) is 23.9. The molecule has 0 radical (unpaired) electrons. The van der Waals surface area contributed by atoms with Crippen molar-refractivity contribution in [1.29, 1.82) is 5.26 Å². The Hall–Kier alpha value is -0.455. The van der Waals surface area contributed by atoms with E-state index in [0.29, 0.717) is 39.7 Å². The monoisotopic (exact) mass is 793 g/mol. The van der Waals surface area contributed by atoms with Crippen LogP contribution in [0.15, 0.2) is 60.6 Å². The van der Waals surface area contributed by atoms with Crippen LogP contribution >= 0.6 is 31.9 Å². The summed E-state index contributed by atoms with van der Waals surface area (Å²) in [7, 11) is 0. The van der Waals surface area contributed by atoms with E-state index in [1.54, 1.807) is 30.3 Å². The van der Waals surface area contributed by atoms with Crippen LogP contribution in [0, 0.1) is 11.5 Å². The number of nitrogens with zero attached hydrogens (tertiary/aromatic N) is 1. The molecular formula is C21H11Br2HgN2Na2O6. The van der Waals surface area contributed by atoms with Crippen LogP contribution in [0.5, 0.6) is 5.75 Å². The SMILES string of the molecule is N#CN.O.O=C([O-])c1ccccc1-c1c2cc(Br)c(=O)cc-2oc2[c]([Hg])c([O-])c(Br)cc12.[Na+].[Na+]. The average Bonchev–Trinajstić information content (AvgIpc) is 2.73. The van der Waals surface area contributed by atoms with E-state index in [1.165, 1.54) is 18.3 Å². The van der Waals surface area contributed by atoms with E-state index < -0.39 is 5.97 Å². The standard InChI is InChI=1S/C20H9Br2O5.CH2N2.Hg.2Na.H2O/c21-13-5-11-17(7-15(13)23)27-18-8-16(24)14(22)6-12(18)19(11)9-3-1-2-4-10(9)20(25)26;2-1-3;;;;/h1-7,24H,(H,25,26);2H2;;;;1H2/q;;;2*+1;/p-2. The summed E-state index contributed by atoms with van der Waals surface area (Å²) in [6, 6.07) is 11.1. The molecule has 4 N–H and O–H groups in total. The van der Waals surface area contributed by atoms with Gasteiger partial charge in [0.25, 0.3) is 0 Å². The molecule has 0 unspecified atom stereocenters. The number of carboxylic acids is 1. The second-order valence-corrected chi connectivity index (χ2v) is 10.7. The quantitative estimate of drug-likeness (QED) is 0.0920. The number of benzene rings is 3. The molecule has 159 valence electrons. The Morgan fingerprint density at radius 3 is 2.26 bits per heavy atom. The molecule has 2 aromatic carbocycles. The van der Waals surface area contributed by atoms with Crippen molar-refractivity contribution in [2.75, 3.05) is 0 Å². The van der Waals surface area contributed by atoms with Gasteiger partial charge in [-0.3, -0.25) is 0 Å². The molecule has 4 rings (SSSR count). The van der Waals surface area contributed by atoms with Crippen LogP contribution in [0.3, 0.4) is 0 Å². The van der Waals surface area contributed by atoms with Crippen molar-refractivity contribution in [3.05, 3.63) is 67.2 Å². The minimum Gasteiger partial charge on any atom is 1.00 e. The first-order valence-electron chi connectivity index (χ1n) is 8.53. The first-order chi connectivity index (χ1) is 14.7. The smallest absolute Gasteiger partial charge is 1.00 e. The van der Waals surface area contributed by atoms with Crippen LogP contribution in [-0.2, 0) is 26.1 Å². The summed E-state index contributed by atoms with van der Waals surface area (Å²) < 4.78 is 7.22. The third-order valence-corrected chi connectivity index (χ3v) is 8.19. The van der Waals surface area contributed by atoms with Gasteiger partial charge < -0.3 is 11.2 Å². The number of hydrogen-bond acceptors (Lipinski definition) is 7. The number of nitriles is 1. The molecule has 0 spiro atoms. The molecular weight excluding hydrogens is 783 g/mol. The largest absolute Gasteiger partial charge is 1.00 e. The molecule has 1 heterocycles. The van der Waals surface area contributed by atoms with Gasteiger partial charge >= 0.3 is 252 Å². The predicted octanol–water partition coefficient (Wildman–Crippen LogP) is -4.69. The molecule has 0 amide bonds. The molecule has 0 fully saturated rings. The number of hydrogen-bond donors (Lipinski definition) is 1. The van der Waals surface area contributed by atoms with Gasteiger partial charge in [0.05, 0.1) is 0 Å². The Morgan fingerprint density at radius 2 is 1.68 bits per heavy atom. The van der Waals surface area contributed by atoms with Crippen LogP contribution < -0.4 is 83.6 Å². The zero-order valence-corrected chi connectivity index (χ0v) is 30.7. The molecule has 13 heteroatoms. The number of fused-ring (bicyclic) bond motifs is 2. The van der Waals surface area contributed by atoms with Gasteiger partial charge in [-0.2, -0.15) is 5.26 Å². The minimum absolute atomic E-state index is 0. The van der Waals surface area contributed by atoms with Crippen LogP contribution in [0.2, 0.25) is 0 Å². The van der Waals surface area contributed by atoms with Crippen molar-refractivity contribution in [2.45, 2.75) is 0 Å². The average molecular weight is 794 g/mol. The van der Waals surface area contributed by atoms with Crippen LogP contribution in [0.1, 0.15) is 10.4 Å². The maximum Gasteiger partial charge on any atom is 1.00 e. The summed E-state index contributed by atoms with van der Waals surface area (Å²) in [5.74, 6) is -1.18. The molecule has 2 aliphatic rings.